The second kappa shape index (κ2) is 4.16. The third-order valence-corrected chi connectivity index (χ3v) is 2.26. The van der Waals surface area contributed by atoms with Crippen LogP contribution in [-0.2, 0) is 4.79 Å². The van der Waals surface area contributed by atoms with E-state index in [0.717, 1.165) is 5.65 Å². The Morgan fingerprint density at radius 3 is 2.82 bits per heavy atom. The lowest BCUT2D eigenvalue weighted by molar-refractivity contribution is -0.117. The molecule has 0 fully saturated rings. The quantitative estimate of drug-likeness (QED) is 0.862. The van der Waals surface area contributed by atoms with Gasteiger partial charge in [0.2, 0.25) is 11.9 Å². The number of fused-ring (bicyclic) bond motifs is 1. The van der Waals surface area contributed by atoms with Crippen molar-refractivity contribution >= 4 is 17.5 Å². The van der Waals surface area contributed by atoms with E-state index in [1.807, 2.05) is 45.2 Å². The summed E-state index contributed by atoms with van der Waals surface area (Å²) in [5.41, 5.74) is 0.684. The van der Waals surface area contributed by atoms with Gasteiger partial charge in [-0.15, -0.1) is 10.2 Å². The molecule has 0 atom stereocenters. The first kappa shape index (κ1) is 11.6. The van der Waals surface area contributed by atoms with Crippen molar-refractivity contribution in [1.82, 2.24) is 14.6 Å². The molecule has 2 rings (SSSR count). The molecule has 0 radical (unpaired) electrons. The standard InChI is InChI=1S/C12H16N4O/c1-12(2,3)8-10(17)13-11-15-14-9-6-4-5-7-16(9)11/h4-7H,8H2,1-3H3,(H,13,15,17). The zero-order valence-electron chi connectivity index (χ0n) is 10.3. The number of rotatable bonds is 2. The molecule has 90 valence electrons. The lowest BCUT2D eigenvalue weighted by atomic mass is 9.92. The van der Waals surface area contributed by atoms with E-state index < -0.39 is 0 Å². The van der Waals surface area contributed by atoms with Crippen LogP contribution in [0, 0.1) is 5.41 Å². The van der Waals surface area contributed by atoms with E-state index in [-0.39, 0.29) is 11.3 Å². The van der Waals surface area contributed by atoms with Gasteiger partial charge >= 0.3 is 0 Å². The molecule has 5 heteroatoms. The Hall–Kier alpha value is -1.91. The molecule has 0 saturated heterocycles. The Labute approximate surface area is 99.9 Å². The van der Waals surface area contributed by atoms with E-state index in [9.17, 15) is 4.79 Å². The van der Waals surface area contributed by atoms with Gasteiger partial charge in [0.05, 0.1) is 0 Å². The third kappa shape index (κ3) is 2.81. The largest absolute Gasteiger partial charge is 0.294 e. The van der Waals surface area contributed by atoms with E-state index in [1.165, 1.54) is 0 Å². The van der Waals surface area contributed by atoms with Gasteiger partial charge in [0.15, 0.2) is 5.65 Å². The van der Waals surface area contributed by atoms with Crippen molar-refractivity contribution in [2.45, 2.75) is 27.2 Å². The normalized spacial score (nSPS) is 11.7. The van der Waals surface area contributed by atoms with E-state index in [1.54, 1.807) is 4.40 Å². The van der Waals surface area contributed by atoms with Gasteiger partial charge in [0.25, 0.3) is 0 Å². The van der Waals surface area contributed by atoms with Gasteiger partial charge in [-0.25, -0.2) is 0 Å². The van der Waals surface area contributed by atoms with Crippen LogP contribution in [0.25, 0.3) is 5.65 Å². The van der Waals surface area contributed by atoms with Gasteiger partial charge in [-0.1, -0.05) is 26.8 Å². The van der Waals surface area contributed by atoms with Crippen molar-refractivity contribution in [1.29, 1.82) is 0 Å². The van der Waals surface area contributed by atoms with E-state index in [2.05, 4.69) is 15.5 Å². The number of amides is 1. The van der Waals surface area contributed by atoms with Gasteiger partial charge in [-0.2, -0.15) is 0 Å². The molecule has 0 aromatic carbocycles. The second-order valence-electron chi connectivity index (χ2n) is 5.24. The fourth-order valence-electron chi connectivity index (χ4n) is 1.58. The summed E-state index contributed by atoms with van der Waals surface area (Å²) in [4.78, 5) is 11.8. The first-order valence-electron chi connectivity index (χ1n) is 5.55. The van der Waals surface area contributed by atoms with Crippen LogP contribution >= 0.6 is 0 Å². The summed E-state index contributed by atoms with van der Waals surface area (Å²) in [6.45, 7) is 6.07. The van der Waals surface area contributed by atoms with Gasteiger partial charge in [-0.05, 0) is 17.5 Å². The lowest BCUT2D eigenvalue weighted by Crippen LogP contribution is -2.20. The molecule has 2 aromatic heterocycles. The molecule has 0 spiro atoms. The first-order chi connectivity index (χ1) is 7.96. The number of anilines is 1. The number of pyridine rings is 1. The van der Waals surface area contributed by atoms with Crippen molar-refractivity contribution in [3.8, 4) is 0 Å². The molecule has 0 aliphatic rings. The molecular weight excluding hydrogens is 216 g/mol. The van der Waals surface area contributed by atoms with Crippen LogP contribution in [-0.4, -0.2) is 20.5 Å². The molecule has 0 aliphatic carbocycles. The molecule has 0 aliphatic heterocycles. The lowest BCUT2D eigenvalue weighted by Gasteiger charge is -2.16. The van der Waals surface area contributed by atoms with E-state index >= 15 is 0 Å². The highest BCUT2D eigenvalue weighted by molar-refractivity contribution is 5.89. The molecule has 0 saturated carbocycles. The Kier molecular flexibility index (Phi) is 2.83. The summed E-state index contributed by atoms with van der Waals surface area (Å²) in [5, 5.41) is 10.7. The number of aromatic nitrogens is 3. The van der Waals surface area contributed by atoms with Crippen molar-refractivity contribution in [2.24, 2.45) is 5.41 Å². The second-order valence-corrected chi connectivity index (χ2v) is 5.24. The maximum absolute atomic E-state index is 11.8. The van der Waals surface area contributed by atoms with E-state index in [0.29, 0.717) is 12.4 Å². The Balaban J connectivity index is 2.16. The summed E-state index contributed by atoms with van der Waals surface area (Å²) < 4.78 is 1.75. The van der Waals surface area contributed by atoms with Gasteiger partial charge < -0.3 is 0 Å². The maximum Gasteiger partial charge on any atom is 0.235 e. The smallest absolute Gasteiger partial charge is 0.235 e. The van der Waals surface area contributed by atoms with Crippen molar-refractivity contribution in [3.63, 3.8) is 0 Å². The minimum absolute atomic E-state index is 0.0371. The van der Waals surface area contributed by atoms with Gasteiger partial charge in [-0.3, -0.25) is 14.5 Å². The zero-order chi connectivity index (χ0) is 12.5. The molecule has 0 bridgehead atoms. The van der Waals surface area contributed by atoms with Crippen LogP contribution < -0.4 is 5.32 Å². The molecule has 0 unspecified atom stereocenters. The zero-order valence-corrected chi connectivity index (χ0v) is 10.3. The molecule has 17 heavy (non-hydrogen) atoms. The van der Waals surface area contributed by atoms with Crippen LogP contribution in [0.3, 0.4) is 0 Å². The maximum atomic E-state index is 11.8. The van der Waals surface area contributed by atoms with Crippen LogP contribution in [0.15, 0.2) is 24.4 Å². The topological polar surface area (TPSA) is 59.3 Å². The fraction of sp³-hybridized carbons (Fsp3) is 0.417. The first-order valence-corrected chi connectivity index (χ1v) is 5.55. The summed E-state index contributed by atoms with van der Waals surface area (Å²) in [5.74, 6) is 0.422. The predicted molar refractivity (Wildman–Crippen MR) is 65.7 cm³/mol. The summed E-state index contributed by atoms with van der Waals surface area (Å²) in [6.07, 6.45) is 2.27. The molecule has 2 aromatic rings. The highest BCUT2D eigenvalue weighted by Gasteiger charge is 2.17. The Morgan fingerprint density at radius 1 is 1.35 bits per heavy atom. The minimum atomic E-state index is -0.0457. The van der Waals surface area contributed by atoms with Crippen LogP contribution in [0.4, 0.5) is 5.95 Å². The van der Waals surface area contributed by atoms with E-state index in [4.69, 9.17) is 0 Å². The average Bonchev–Trinajstić information content (AvgIpc) is 2.59. The van der Waals surface area contributed by atoms with Crippen molar-refractivity contribution in [2.75, 3.05) is 5.32 Å². The molecular formula is C12H16N4O. The summed E-state index contributed by atoms with van der Waals surface area (Å²) in [6, 6.07) is 5.59. The van der Waals surface area contributed by atoms with Gasteiger partial charge in [0, 0.05) is 12.6 Å². The Bertz CT molecular complexity index is 539. The average molecular weight is 232 g/mol. The van der Waals surface area contributed by atoms with Crippen molar-refractivity contribution in [3.05, 3.63) is 24.4 Å². The molecule has 2 heterocycles. The SMILES string of the molecule is CC(C)(C)CC(=O)Nc1nnc2ccccn12. The summed E-state index contributed by atoms with van der Waals surface area (Å²) in [7, 11) is 0. The number of carbonyl (C=O) groups is 1. The number of hydrogen-bond acceptors (Lipinski definition) is 3. The number of nitrogens with zero attached hydrogens (tertiary/aromatic N) is 3. The predicted octanol–water partition coefficient (Wildman–Crippen LogP) is 2.10. The fourth-order valence-corrected chi connectivity index (χ4v) is 1.58. The summed E-state index contributed by atoms with van der Waals surface area (Å²) >= 11 is 0. The molecule has 1 amide bonds. The third-order valence-electron chi connectivity index (χ3n) is 2.26. The van der Waals surface area contributed by atoms with Crippen LogP contribution in [0.5, 0.6) is 0 Å². The van der Waals surface area contributed by atoms with Crippen LogP contribution in [0.2, 0.25) is 0 Å². The number of carbonyl (C=O) groups excluding carboxylic acids is 1. The van der Waals surface area contributed by atoms with Gasteiger partial charge in [0.1, 0.15) is 0 Å². The molecule has 1 N–H and O–H groups in total. The number of nitrogens with one attached hydrogen (secondary N) is 1. The highest BCUT2D eigenvalue weighted by Crippen LogP contribution is 2.19. The monoisotopic (exact) mass is 232 g/mol. The van der Waals surface area contributed by atoms with Crippen molar-refractivity contribution < 1.29 is 4.79 Å². The van der Waals surface area contributed by atoms with Crippen LogP contribution in [0.1, 0.15) is 27.2 Å². The Morgan fingerprint density at radius 2 is 2.12 bits per heavy atom. The molecule has 5 nitrogen and oxygen atoms in total. The number of hydrogen-bond donors (Lipinski definition) is 1. The highest BCUT2D eigenvalue weighted by atomic mass is 16.1. The minimum Gasteiger partial charge on any atom is -0.294 e.